The van der Waals surface area contributed by atoms with Crippen LogP contribution in [0.3, 0.4) is 0 Å². The summed E-state index contributed by atoms with van der Waals surface area (Å²) in [5.74, 6) is -0.163. The number of aliphatic carboxylic acids is 1. The third-order valence-electron chi connectivity index (χ3n) is 5.49. The second-order valence-corrected chi connectivity index (χ2v) is 7.12. The van der Waals surface area contributed by atoms with Gasteiger partial charge in [-0.15, -0.1) is 0 Å². The molecule has 29 heavy (non-hydrogen) atoms. The van der Waals surface area contributed by atoms with Crippen molar-refractivity contribution in [2.75, 3.05) is 14.2 Å². The van der Waals surface area contributed by atoms with Gasteiger partial charge in [-0.25, -0.2) is 0 Å². The number of ketones is 1. The molecule has 0 fully saturated rings. The zero-order chi connectivity index (χ0) is 21.1. The van der Waals surface area contributed by atoms with E-state index >= 15 is 0 Å². The Hall–Kier alpha value is -3.02. The number of hydrogen-bond acceptors (Lipinski definition) is 5. The molecule has 0 spiro atoms. The lowest BCUT2D eigenvalue weighted by Gasteiger charge is -2.25. The van der Waals surface area contributed by atoms with Crippen LogP contribution in [0, 0.1) is 5.92 Å². The van der Waals surface area contributed by atoms with E-state index < -0.39 is 18.0 Å². The number of Topliss-reactive ketones (excluding diaryl/α,β-unsaturated/α-hetero) is 1. The average Bonchev–Trinajstić information content (AvgIpc) is 3.11. The topological polar surface area (TPSA) is 82.1 Å². The highest BCUT2D eigenvalue weighted by Gasteiger charge is 2.29. The lowest BCUT2D eigenvalue weighted by atomic mass is 9.95. The van der Waals surface area contributed by atoms with Gasteiger partial charge < -0.3 is 19.3 Å². The standard InChI is InChI=1S/C23H26O6/c1-5-19(13(2)23(25)26)29-21-17(10-12-20(27-3)22(21)28-4)14-7-6-8-16-15(14)9-11-18(16)24/h6-8,10,12-13,19H,5,9,11H2,1-4H3,(H,25,26)/t13-,19?/m0/s1. The monoisotopic (exact) mass is 398 g/mol. The Kier molecular flexibility index (Phi) is 6.11. The van der Waals surface area contributed by atoms with Crippen LogP contribution in [0.25, 0.3) is 11.1 Å². The van der Waals surface area contributed by atoms with Crippen LogP contribution < -0.4 is 14.2 Å². The maximum Gasteiger partial charge on any atom is 0.309 e. The number of methoxy groups -OCH3 is 2. The molecule has 0 bridgehead atoms. The highest BCUT2D eigenvalue weighted by Crippen LogP contribution is 2.47. The van der Waals surface area contributed by atoms with E-state index in [1.165, 1.54) is 14.2 Å². The van der Waals surface area contributed by atoms with Crippen molar-refractivity contribution in [3.8, 4) is 28.4 Å². The van der Waals surface area contributed by atoms with E-state index in [-0.39, 0.29) is 5.78 Å². The van der Waals surface area contributed by atoms with Crippen molar-refractivity contribution in [3.63, 3.8) is 0 Å². The molecule has 0 saturated carbocycles. The van der Waals surface area contributed by atoms with Crippen molar-refractivity contribution in [2.24, 2.45) is 5.92 Å². The van der Waals surface area contributed by atoms with Gasteiger partial charge in [0.2, 0.25) is 5.75 Å². The van der Waals surface area contributed by atoms with E-state index in [1.54, 1.807) is 13.0 Å². The predicted octanol–water partition coefficient (Wildman–Crippen LogP) is 4.38. The van der Waals surface area contributed by atoms with Gasteiger partial charge in [0, 0.05) is 17.5 Å². The van der Waals surface area contributed by atoms with Crippen LogP contribution in [-0.4, -0.2) is 37.2 Å². The molecule has 2 aromatic rings. The molecule has 1 N–H and O–H groups in total. The summed E-state index contributed by atoms with van der Waals surface area (Å²) in [6.45, 7) is 3.51. The molecule has 1 aliphatic carbocycles. The summed E-state index contributed by atoms with van der Waals surface area (Å²) in [5, 5.41) is 9.46. The fourth-order valence-electron chi connectivity index (χ4n) is 3.82. The Morgan fingerprint density at radius 3 is 2.38 bits per heavy atom. The Morgan fingerprint density at radius 1 is 1.03 bits per heavy atom. The number of carbonyl (C=O) groups excluding carboxylic acids is 1. The van der Waals surface area contributed by atoms with Gasteiger partial charge in [0.05, 0.1) is 20.1 Å². The number of ether oxygens (including phenoxy) is 3. The number of benzene rings is 2. The molecule has 6 nitrogen and oxygen atoms in total. The van der Waals surface area contributed by atoms with Gasteiger partial charge in [0.25, 0.3) is 0 Å². The zero-order valence-electron chi connectivity index (χ0n) is 17.2. The normalized spacial score (nSPS) is 14.8. The summed E-state index contributed by atoms with van der Waals surface area (Å²) >= 11 is 0. The first-order valence-corrected chi connectivity index (χ1v) is 9.72. The Balaban J connectivity index is 2.19. The third kappa shape index (κ3) is 3.79. The molecule has 0 radical (unpaired) electrons. The van der Waals surface area contributed by atoms with E-state index in [2.05, 4.69) is 0 Å². The summed E-state index contributed by atoms with van der Waals surface area (Å²) in [6.07, 6.45) is 1.12. The van der Waals surface area contributed by atoms with Crippen molar-refractivity contribution in [3.05, 3.63) is 41.5 Å². The van der Waals surface area contributed by atoms with Crippen LogP contribution in [0.5, 0.6) is 17.2 Å². The maximum atomic E-state index is 12.2. The molecular formula is C23H26O6. The van der Waals surface area contributed by atoms with Gasteiger partial charge in [0.1, 0.15) is 6.10 Å². The second kappa shape index (κ2) is 8.55. The third-order valence-corrected chi connectivity index (χ3v) is 5.49. The van der Waals surface area contributed by atoms with Crippen molar-refractivity contribution in [1.29, 1.82) is 0 Å². The van der Waals surface area contributed by atoms with Gasteiger partial charge in [0.15, 0.2) is 17.3 Å². The molecule has 2 atom stereocenters. The molecule has 2 aromatic carbocycles. The molecule has 0 aromatic heterocycles. The van der Waals surface area contributed by atoms with Crippen LogP contribution >= 0.6 is 0 Å². The first kappa shape index (κ1) is 20.7. The fourth-order valence-corrected chi connectivity index (χ4v) is 3.82. The number of rotatable bonds is 8. The number of hydrogen-bond donors (Lipinski definition) is 1. The molecule has 1 unspecified atom stereocenters. The molecule has 1 aliphatic rings. The van der Waals surface area contributed by atoms with Crippen molar-refractivity contribution < 1.29 is 28.9 Å². The summed E-state index contributed by atoms with van der Waals surface area (Å²) in [6, 6.07) is 9.31. The molecular weight excluding hydrogens is 372 g/mol. The fraction of sp³-hybridized carbons (Fsp3) is 0.391. The number of carboxylic acid groups (broad SMARTS) is 1. The molecule has 0 aliphatic heterocycles. The minimum absolute atomic E-state index is 0.135. The van der Waals surface area contributed by atoms with Gasteiger partial charge in [-0.1, -0.05) is 25.1 Å². The van der Waals surface area contributed by atoms with Gasteiger partial charge in [-0.2, -0.15) is 0 Å². The SMILES string of the molecule is CCC(Oc1c(-c2cccc3c2CCC3=O)ccc(OC)c1OC)[C@H](C)C(=O)O. The van der Waals surface area contributed by atoms with Gasteiger partial charge in [-0.3, -0.25) is 9.59 Å². The number of carbonyl (C=O) groups is 2. The zero-order valence-corrected chi connectivity index (χ0v) is 17.2. The van der Waals surface area contributed by atoms with Crippen molar-refractivity contribution in [2.45, 2.75) is 39.2 Å². The van der Waals surface area contributed by atoms with Crippen LogP contribution in [-0.2, 0) is 11.2 Å². The van der Waals surface area contributed by atoms with Gasteiger partial charge in [-0.05, 0) is 43.0 Å². The average molecular weight is 398 g/mol. The molecule has 154 valence electrons. The predicted molar refractivity (Wildman–Crippen MR) is 109 cm³/mol. The lowest BCUT2D eigenvalue weighted by Crippen LogP contribution is -2.30. The van der Waals surface area contributed by atoms with E-state index in [4.69, 9.17) is 14.2 Å². The summed E-state index contributed by atoms with van der Waals surface area (Å²) in [7, 11) is 3.06. The van der Waals surface area contributed by atoms with Crippen molar-refractivity contribution in [1.82, 2.24) is 0 Å². The first-order valence-electron chi connectivity index (χ1n) is 9.72. The van der Waals surface area contributed by atoms with Crippen molar-refractivity contribution >= 4 is 11.8 Å². The molecule has 0 heterocycles. The first-order chi connectivity index (χ1) is 13.9. The van der Waals surface area contributed by atoms with E-state index in [0.717, 1.165) is 22.3 Å². The lowest BCUT2D eigenvalue weighted by molar-refractivity contribution is -0.144. The van der Waals surface area contributed by atoms with Crippen LogP contribution in [0.15, 0.2) is 30.3 Å². The minimum Gasteiger partial charge on any atom is -0.493 e. The van der Waals surface area contributed by atoms with Gasteiger partial charge >= 0.3 is 5.97 Å². The number of carboxylic acids is 1. The van der Waals surface area contributed by atoms with Crippen LogP contribution in [0.2, 0.25) is 0 Å². The molecule has 3 rings (SSSR count). The minimum atomic E-state index is -0.925. The summed E-state index contributed by atoms with van der Waals surface area (Å²) in [4.78, 5) is 23.7. The van der Waals surface area contributed by atoms with E-state index in [0.29, 0.717) is 36.5 Å². The number of fused-ring (bicyclic) bond motifs is 1. The summed E-state index contributed by atoms with van der Waals surface area (Å²) < 4.78 is 17.3. The summed E-state index contributed by atoms with van der Waals surface area (Å²) in [5.41, 5.74) is 3.36. The largest absolute Gasteiger partial charge is 0.493 e. The highest BCUT2D eigenvalue weighted by molar-refractivity contribution is 6.02. The Morgan fingerprint density at radius 2 is 1.76 bits per heavy atom. The molecule has 6 heteroatoms. The van der Waals surface area contributed by atoms with Crippen LogP contribution in [0.4, 0.5) is 0 Å². The molecule has 0 amide bonds. The van der Waals surface area contributed by atoms with Crippen LogP contribution in [0.1, 0.15) is 42.6 Å². The maximum absolute atomic E-state index is 12.2. The Labute approximate surface area is 170 Å². The Bertz CT molecular complexity index is 933. The second-order valence-electron chi connectivity index (χ2n) is 7.12. The quantitative estimate of drug-likeness (QED) is 0.711. The highest BCUT2D eigenvalue weighted by atomic mass is 16.5. The smallest absolute Gasteiger partial charge is 0.309 e. The molecule has 0 saturated heterocycles. The van der Waals surface area contributed by atoms with E-state index in [9.17, 15) is 14.7 Å². The van der Waals surface area contributed by atoms with E-state index in [1.807, 2.05) is 31.2 Å².